The zero-order valence-corrected chi connectivity index (χ0v) is 15.3. The fourth-order valence-electron chi connectivity index (χ4n) is 3.60. The minimum absolute atomic E-state index is 0.145. The number of ketones is 1. The third-order valence-electron chi connectivity index (χ3n) is 4.79. The highest BCUT2D eigenvalue weighted by Crippen LogP contribution is 2.33. The summed E-state index contributed by atoms with van der Waals surface area (Å²) in [6, 6.07) is 7.86. The molecule has 0 bridgehead atoms. The van der Waals surface area contributed by atoms with Crippen molar-refractivity contribution in [3.05, 3.63) is 53.8 Å². The molecule has 0 spiro atoms. The van der Waals surface area contributed by atoms with E-state index in [2.05, 4.69) is 28.2 Å². The number of ether oxygens (including phenoxy) is 1. The number of nitrogens with zero attached hydrogens (tertiary/aromatic N) is 3. The molecular formula is C20H25N3O2. The normalized spacial score (nSPS) is 21.5. The van der Waals surface area contributed by atoms with Crippen LogP contribution in [0.3, 0.4) is 0 Å². The van der Waals surface area contributed by atoms with Crippen molar-refractivity contribution in [2.75, 3.05) is 28.3 Å². The fraction of sp³-hybridized carbons (Fsp3) is 0.400. The van der Waals surface area contributed by atoms with Gasteiger partial charge in [0, 0.05) is 45.2 Å². The Labute approximate surface area is 149 Å². The van der Waals surface area contributed by atoms with E-state index in [-0.39, 0.29) is 17.7 Å². The molecule has 0 aromatic heterocycles. The van der Waals surface area contributed by atoms with Crippen LogP contribution in [0.15, 0.2) is 53.3 Å². The molecule has 5 nitrogen and oxygen atoms in total. The molecule has 25 heavy (non-hydrogen) atoms. The lowest BCUT2D eigenvalue weighted by molar-refractivity contribution is -0.117. The predicted octanol–water partition coefficient (Wildman–Crippen LogP) is 2.50. The van der Waals surface area contributed by atoms with Gasteiger partial charge < -0.3 is 9.64 Å². The van der Waals surface area contributed by atoms with Crippen molar-refractivity contribution >= 4 is 11.5 Å². The second-order valence-corrected chi connectivity index (χ2v) is 6.71. The van der Waals surface area contributed by atoms with E-state index in [0.717, 1.165) is 17.0 Å². The van der Waals surface area contributed by atoms with Crippen LogP contribution in [0.1, 0.15) is 12.0 Å². The third-order valence-corrected chi connectivity index (χ3v) is 4.79. The first-order valence-corrected chi connectivity index (χ1v) is 8.50. The third kappa shape index (κ3) is 3.45. The number of Topliss-reactive ketones (excluding diaryl/α,β-unsaturated/α-hetero) is 1. The molecular weight excluding hydrogens is 314 g/mol. The molecule has 1 aliphatic heterocycles. The van der Waals surface area contributed by atoms with Crippen LogP contribution in [-0.4, -0.2) is 55.7 Å². The highest BCUT2D eigenvalue weighted by atomic mass is 16.5. The second-order valence-electron chi connectivity index (χ2n) is 6.71. The molecule has 1 aromatic carbocycles. The van der Waals surface area contributed by atoms with Crippen molar-refractivity contribution in [2.45, 2.75) is 18.9 Å². The molecule has 3 rings (SSSR count). The van der Waals surface area contributed by atoms with Gasteiger partial charge in [-0.2, -0.15) is 5.10 Å². The number of likely N-dealkylation sites (N-methyl/N-ethyl adjacent to an activating group) is 1. The molecule has 132 valence electrons. The number of rotatable bonds is 6. The SMILES string of the molecule is COc1ccccc1CC(=O)CC1=NN(C)C2C=CC=C(N(C)C)C12. The summed E-state index contributed by atoms with van der Waals surface area (Å²) in [7, 11) is 7.67. The number of allylic oxidation sites excluding steroid dienone is 2. The second kappa shape index (κ2) is 7.13. The number of benzene rings is 1. The standard InChI is InChI=1S/C20H25N3O2/c1-22(2)17-9-7-10-18-20(17)16(21-23(18)3)13-15(24)12-14-8-5-6-11-19(14)25-4/h5-11,18,20H,12-13H2,1-4H3. The molecule has 0 fully saturated rings. The lowest BCUT2D eigenvalue weighted by atomic mass is 9.85. The van der Waals surface area contributed by atoms with Gasteiger partial charge in [-0.1, -0.05) is 30.4 Å². The van der Waals surface area contributed by atoms with E-state index < -0.39 is 0 Å². The average Bonchev–Trinajstić information content (AvgIpc) is 2.91. The zero-order chi connectivity index (χ0) is 18.0. The summed E-state index contributed by atoms with van der Waals surface area (Å²) in [6.45, 7) is 0. The van der Waals surface area contributed by atoms with Crippen molar-refractivity contribution in [1.29, 1.82) is 0 Å². The number of carbonyl (C=O) groups excluding carboxylic acids is 1. The van der Waals surface area contributed by atoms with Crippen molar-refractivity contribution in [3.63, 3.8) is 0 Å². The molecule has 0 radical (unpaired) electrons. The average molecular weight is 339 g/mol. The summed E-state index contributed by atoms with van der Waals surface area (Å²) in [6.07, 6.45) is 7.06. The van der Waals surface area contributed by atoms with Crippen LogP contribution in [0.5, 0.6) is 5.75 Å². The van der Waals surface area contributed by atoms with Crippen molar-refractivity contribution < 1.29 is 9.53 Å². The summed E-state index contributed by atoms with van der Waals surface area (Å²) in [4.78, 5) is 14.8. The Morgan fingerprint density at radius 1 is 1.28 bits per heavy atom. The first-order valence-electron chi connectivity index (χ1n) is 8.50. The quantitative estimate of drug-likeness (QED) is 0.799. The molecule has 0 N–H and O–H groups in total. The highest BCUT2D eigenvalue weighted by molar-refractivity contribution is 6.06. The summed E-state index contributed by atoms with van der Waals surface area (Å²) in [5.41, 5.74) is 3.06. The highest BCUT2D eigenvalue weighted by Gasteiger charge is 2.39. The molecule has 2 unspecified atom stereocenters. The number of hydrogen-bond acceptors (Lipinski definition) is 5. The Hall–Kier alpha value is -2.56. The maximum absolute atomic E-state index is 12.7. The number of hydrazone groups is 1. The van der Waals surface area contributed by atoms with Gasteiger partial charge in [-0.05, 0) is 12.1 Å². The monoisotopic (exact) mass is 339 g/mol. The molecule has 0 saturated heterocycles. The first kappa shape index (κ1) is 17.3. The van der Waals surface area contributed by atoms with Crippen LogP contribution in [0.2, 0.25) is 0 Å². The Morgan fingerprint density at radius 3 is 2.76 bits per heavy atom. The van der Waals surface area contributed by atoms with Gasteiger partial charge in [0.15, 0.2) is 0 Å². The van der Waals surface area contributed by atoms with Crippen LogP contribution in [0, 0.1) is 5.92 Å². The summed E-state index contributed by atoms with van der Waals surface area (Å²) in [5, 5.41) is 6.63. The van der Waals surface area contributed by atoms with E-state index in [1.165, 1.54) is 5.70 Å². The van der Waals surface area contributed by atoms with Crippen LogP contribution in [-0.2, 0) is 11.2 Å². The van der Waals surface area contributed by atoms with Gasteiger partial charge >= 0.3 is 0 Å². The smallest absolute Gasteiger partial charge is 0.143 e. The van der Waals surface area contributed by atoms with Crippen LogP contribution in [0.4, 0.5) is 0 Å². The predicted molar refractivity (Wildman–Crippen MR) is 99.7 cm³/mol. The number of methoxy groups -OCH3 is 1. The molecule has 1 aromatic rings. The van der Waals surface area contributed by atoms with Crippen LogP contribution in [0.25, 0.3) is 0 Å². The van der Waals surface area contributed by atoms with Crippen LogP contribution >= 0.6 is 0 Å². The molecule has 0 amide bonds. The summed E-state index contributed by atoms with van der Waals surface area (Å²) < 4.78 is 5.35. The maximum Gasteiger partial charge on any atom is 0.143 e. The van der Waals surface area contributed by atoms with Gasteiger partial charge in [0.1, 0.15) is 11.5 Å². The zero-order valence-electron chi connectivity index (χ0n) is 15.3. The van der Waals surface area contributed by atoms with Crippen molar-refractivity contribution in [2.24, 2.45) is 11.0 Å². The topological polar surface area (TPSA) is 45.1 Å². The van der Waals surface area contributed by atoms with Gasteiger partial charge in [-0.25, -0.2) is 0 Å². The van der Waals surface area contributed by atoms with E-state index in [9.17, 15) is 4.79 Å². The molecule has 2 aliphatic rings. The fourth-order valence-corrected chi connectivity index (χ4v) is 3.60. The number of hydrogen-bond donors (Lipinski definition) is 0. The summed E-state index contributed by atoms with van der Waals surface area (Å²) in [5.74, 6) is 1.06. The van der Waals surface area contributed by atoms with Crippen molar-refractivity contribution in [3.8, 4) is 5.75 Å². The van der Waals surface area contributed by atoms with Gasteiger partial charge in [0.2, 0.25) is 0 Å². The van der Waals surface area contributed by atoms with E-state index >= 15 is 0 Å². The van der Waals surface area contributed by atoms with E-state index in [0.29, 0.717) is 12.8 Å². The number of para-hydroxylation sites is 1. The van der Waals surface area contributed by atoms with Gasteiger partial charge in [-0.3, -0.25) is 9.80 Å². The largest absolute Gasteiger partial charge is 0.496 e. The number of fused-ring (bicyclic) bond motifs is 1. The Kier molecular flexibility index (Phi) is 4.93. The first-order chi connectivity index (χ1) is 12.0. The lowest BCUT2D eigenvalue weighted by Crippen LogP contribution is -2.36. The van der Waals surface area contributed by atoms with E-state index in [1.54, 1.807) is 7.11 Å². The molecule has 1 heterocycles. The maximum atomic E-state index is 12.7. The van der Waals surface area contributed by atoms with Gasteiger partial charge in [0.25, 0.3) is 0 Å². The van der Waals surface area contributed by atoms with E-state index in [4.69, 9.17) is 4.74 Å². The molecule has 2 atom stereocenters. The Bertz CT molecular complexity index is 749. The molecule has 5 heteroatoms. The lowest BCUT2D eigenvalue weighted by Gasteiger charge is -2.31. The Morgan fingerprint density at radius 2 is 2.04 bits per heavy atom. The van der Waals surface area contributed by atoms with Gasteiger partial charge in [0.05, 0.1) is 24.8 Å². The minimum atomic E-state index is 0.145. The molecule has 1 aliphatic carbocycles. The Balaban J connectivity index is 1.75. The van der Waals surface area contributed by atoms with Crippen molar-refractivity contribution in [1.82, 2.24) is 9.91 Å². The van der Waals surface area contributed by atoms with E-state index in [1.807, 2.05) is 50.4 Å². The summed E-state index contributed by atoms with van der Waals surface area (Å²) >= 11 is 0. The van der Waals surface area contributed by atoms with Gasteiger partial charge in [-0.15, -0.1) is 0 Å². The minimum Gasteiger partial charge on any atom is -0.496 e. The number of carbonyl (C=O) groups is 1. The molecule has 0 saturated carbocycles. The van der Waals surface area contributed by atoms with Crippen LogP contribution < -0.4 is 4.74 Å².